The summed E-state index contributed by atoms with van der Waals surface area (Å²) in [5, 5.41) is 0. The van der Waals surface area contributed by atoms with Gasteiger partial charge >= 0.3 is 12.4 Å². The average Bonchev–Trinajstić information content (AvgIpc) is 2.30. The standard InChI is InChI=1S/C11H12NO3/c1-9(11(14)15-2)12(8-13)10-6-4-3-5-7-10/h3-7,9H,1-2H3. The molecule has 1 atom stereocenters. The molecule has 0 saturated carbocycles. The third kappa shape index (κ3) is 2.56. The third-order valence-corrected chi connectivity index (χ3v) is 2.06. The Hall–Kier alpha value is -1.84. The van der Waals surface area contributed by atoms with Crippen molar-refractivity contribution in [2.24, 2.45) is 0 Å². The molecule has 79 valence electrons. The van der Waals surface area contributed by atoms with E-state index in [1.165, 1.54) is 12.0 Å². The molecule has 0 aromatic heterocycles. The Morgan fingerprint density at radius 1 is 1.40 bits per heavy atom. The quantitative estimate of drug-likeness (QED) is 0.548. The molecule has 0 saturated heterocycles. The van der Waals surface area contributed by atoms with Gasteiger partial charge in [0.2, 0.25) is 0 Å². The SMILES string of the molecule is COC(=O)C(C)N([C]=O)c1ccccc1. The number of rotatable bonds is 4. The van der Waals surface area contributed by atoms with Crippen molar-refractivity contribution in [2.75, 3.05) is 12.0 Å². The zero-order valence-electron chi connectivity index (χ0n) is 8.64. The average molecular weight is 206 g/mol. The van der Waals surface area contributed by atoms with E-state index < -0.39 is 12.0 Å². The highest BCUT2D eigenvalue weighted by molar-refractivity contribution is 5.88. The van der Waals surface area contributed by atoms with E-state index >= 15 is 0 Å². The van der Waals surface area contributed by atoms with Gasteiger partial charge in [-0.2, -0.15) is 0 Å². The van der Waals surface area contributed by atoms with Gasteiger partial charge in [0, 0.05) is 5.69 Å². The third-order valence-electron chi connectivity index (χ3n) is 2.06. The first-order chi connectivity index (χ1) is 7.20. The van der Waals surface area contributed by atoms with Gasteiger partial charge in [-0.1, -0.05) is 18.2 Å². The molecule has 1 radical (unpaired) electrons. The van der Waals surface area contributed by atoms with E-state index in [0.717, 1.165) is 0 Å². The molecule has 0 heterocycles. The van der Waals surface area contributed by atoms with Gasteiger partial charge in [0.1, 0.15) is 6.04 Å². The predicted molar refractivity (Wildman–Crippen MR) is 56.1 cm³/mol. The van der Waals surface area contributed by atoms with Gasteiger partial charge in [0.25, 0.3) is 0 Å². The molecule has 0 N–H and O–H groups in total. The summed E-state index contributed by atoms with van der Waals surface area (Å²) < 4.78 is 4.56. The number of esters is 1. The van der Waals surface area contributed by atoms with Gasteiger partial charge in [0.05, 0.1) is 7.11 Å². The highest BCUT2D eigenvalue weighted by atomic mass is 16.5. The molecular weight excluding hydrogens is 194 g/mol. The maximum Gasteiger partial charge on any atom is 0.328 e. The lowest BCUT2D eigenvalue weighted by atomic mass is 10.2. The Morgan fingerprint density at radius 2 is 2.00 bits per heavy atom. The fraction of sp³-hybridized carbons (Fsp3) is 0.273. The summed E-state index contributed by atoms with van der Waals surface area (Å²) in [6.45, 7) is 1.59. The largest absolute Gasteiger partial charge is 0.467 e. The molecule has 4 nitrogen and oxygen atoms in total. The van der Waals surface area contributed by atoms with E-state index in [4.69, 9.17) is 0 Å². The van der Waals surface area contributed by atoms with Gasteiger partial charge in [-0.25, -0.2) is 4.79 Å². The van der Waals surface area contributed by atoms with E-state index in [-0.39, 0.29) is 0 Å². The molecule has 1 unspecified atom stereocenters. The number of nitrogens with zero attached hydrogens (tertiary/aromatic N) is 1. The maximum atomic E-state index is 11.2. The van der Waals surface area contributed by atoms with Crippen molar-refractivity contribution in [3.05, 3.63) is 30.3 Å². The number of carbonyl (C=O) groups excluding carboxylic acids is 2. The van der Waals surface area contributed by atoms with Crippen LogP contribution in [-0.2, 0) is 14.3 Å². The van der Waals surface area contributed by atoms with Crippen molar-refractivity contribution in [1.82, 2.24) is 0 Å². The lowest BCUT2D eigenvalue weighted by Gasteiger charge is -2.21. The summed E-state index contributed by atoms with van der Waals surface area (Å²) in [4.78, 5) is 23.2. The van der Waals surface area contributed by atoms with Gasteiger partial charge in [0.15, 0.2) is 0 Å². The van der Waals surface area contributed by atoms with Crippen molar-refractivity contribution in [2.45, 2.75) is 13.0 Å². The molecule has 15 heavy (non-hydrogen) atoms. The molecule has 1 aromatic carbocycles. The van der Waals surface area contributed by atoms with Crippen LogP contribution in [0.25, 0.3) is 0 Å². The van der Waals surface area contributed by atoms with Crippen LogP contribution in [0.5, 0.6) is 0 Å². The van der Waals surface area contributed by atoms with Gasteiger partial charge in [-0.15, -0.1) is 0 Å². The van der Waals surface area contributed by atoms with Crippen LogP contribution in [0, 0.1) is 0 Å². The first-order valence-electron chi connectivity index (χ1n) is 4.50. The van der Waals surface area contributed by atoms with Crippen molar-refractivity contribution < 1.29 is 14.3 Å². The first kappa shape index (κ1) is 11.2. The number of methoxy groups -OCH3 is 1. The first-order valence-corrected chi connectivity index (χ1v) is 4.50. The smallest absolute Gasteiger partial charge is 0.328 e. The maximum absolute atomic E-state index is 11.2. The van der Waals surface area contributed by atoms with Crippen LogP contribution in [0.4, 0.5) is 5.69 Å². The summed E-state index contributed by atoms with van der Waals surface area (Å²) in [6.07, 6.45) is 1.72. The minimum atomic E-state index is -0.671. The number of anilines is 1. The lowest BCUT2D eigenvalue weighted by Crippen LogP contribution is -2.38. The van der Waals surface area contributed by atoms with Crippen LogP contribution in [0.3, 0.4) is 0 Å². The Morgan fingerprint density at radius 3 is 2.47 bits per heavy atom. The molecule has 0 spiro atoms. The number of hydrogen-bond donors (Lipinski definition) is 0. The molecule has 0 aliphatic rings. The number of ether oxygens (including phenoxy) is 1. The molecule has 0 bridgehead atoms. The van der Waals surface area contributed by atoms with Crippen LogP contribution in [0.2, 0.25) is 0 Å². The number of benzene rings is 1. The fourth-order valence-corrected chi connectivity index (χ4v) is 1.22. The Kier molecular flexibility index (Phi) is 3.85. The van der Waals surface area contributed by atoms with Crippen LogP contribution in [-0.4, -0.2) is 25.5 Å². The van der Waals surface area contributed by atoms with Crippen LogP contribution in [0.15, 0.2) is 30.3 Å². The molecule has 1 rings (SSSR count). The number of amides is 1. The molecule has 0 aliphatic carbocycles. The summed E-state index contributed by atoms with van der Waals surface area (Å²) >= 11 is 0. The van der Waals surface area contributed by atoms with E-state index in [0.29, 0.717) is 5.69 Å². The molecule has 0 fully saturated rings. The van der Waals surface area contributed by atoms with Crippen LogP contribution >= 0.6 is 0 Å². The zero-order valence-corrected chi connectivity index (χ0v) is 8.64. The number of hydrogen-bond acceptors (Lipinski definition) is 3. The van der Waals surface area contributed by atoms with Crippen molar-refractivity contribution in [3.8, 4) is 0 Å². The Balaban J connectivity index is 2.89. The van der Waals surface area contributed by atoms with E-state index in [2.05, 4.69) is 4.74 Å². The van der Waals surface area contributed by atoms with Gasteiger partial charge in [-0.05, 0) is 19.1 Å². The summed E-state index contributed by atoms with van der Waals surface area (Å²) in [5.41, 5.74) is 0.616. The van der Waals surface area contributed by atoms with Crippen molar-refractivity contribution in [3.63, 3.8) is 0 Å². The molecule has 4 heteroatoms. The predicted octanol–water partition coefficient (Wildman–Crippen LogP) is 1.12. The molecular formula is C11H12NO3. The second-order valence-corrected chi connectivity index (χ2v) is 3.00. The van der Waals surface area contributed by atoms with Crippen molar-refractivity contribution in [1.29, 1.82) is 0 Å². The van der Waals surface area contributed by atoms with Gasteiger partial charge in [-0.3, -0.25) is 9.69 Å². The highest BCUT2D eigenvalue weighted by Crippen LogP contribution is 2.14. The Labute approximate surface area is 88.5 Å². The van der Waals surface area contributed by atoms with Gasteiger partial charge < -0.3 is 4.74 Å². The number of carbonyl (C=O) groups is 1. The van der Waals surface area contributed by atoms with Crippen LogP contribution < -0.4 is 4.90 Å². The molecule has 1 amide bonds. The second kappa shape index (κ2) is 5.14. The summed E-state index contributed by atoms with van der Waals surface area (Å²) in [6, 6.07) is 8.17. The minimum absolute atomic E-state index is 0.470. The molecule has 0 aliphatic heterocycles. The monoisotopic (exact) mass is 206 g/mol. The second-order valence-electron chi connectivity index (χ2n) is 3.00. The van der Waals surface area contributed by atoms with E-state index in [1.807, 2.05) is 6.07 Å². The lowest BCUT2D eigenvalue weighted by molar-refractivity contribution is -0.141. The zero-order chi connectivity index (χ0) is 11.3. The molecule has 1 aromatic rings. The highest BCUT2D eigenvalue weighted by Gasteiger charge is 2.22. The van der Waals surface area contributed by atoms with E-state index in [9.17, 15) is 9.59 Å². The minimum Gasteiger partial charge on any atom is -0.467 e. The van der Waals surface area contributed by atoms with Crippen LogP contribution in [0.1, 0.15) is 6.92 Å². The van der Waals surface area contributed by atoms with Crippen molar-refractivity contribution >= 4 is 18.1 Å². The number of para-hydroxylation sites is 1. The fourth-order valence-electron chi connectivity index (χ4n) is 1.22. The Bertz CT molecular complexity index is 337. The summed E-state index contributed by atoms with van der Waals surface area (Å²) in [7, 11) is 1.28. The topological polar surface area (TPSA) is 46.6 Å². The van der Waals surface area contributed by atoms with E-state index in [1.54, 1.807) is 37.6 Å². The summed E-state index contributed by atoms with van der Waals surface area (Å²) in [5.74, 6) is -0.470. The normalized spacial score (nSPS) is 11.6.